The molecule has 0 aliphatic rings. The number of benzene rings is 3. The summed E-state index contributed by atoms with van der Waals surface area (Å²) >= 11 is 0. The van der Waals surface area contributed by atoms with Crippen LogP contribution in [-0.4, -0.2) is 36.2 Å². The highest BCUT2D eigenvalue weighted by Gasteiger charge is 2.25. The van der Waals surface area contributed by atoms with Crippen molar-refractivity contribution in [3.63, 3.8) is 0 Å². The molecule has 0 aliphatic carbocycles. The minimum absolute atomic E-state index is 0.0568. The second kappa shape index (κ2) is 12.1. The van der Waals surface area contributed by atoms with E-state index in [-0.39, 0.29) is 18.1 Å². The number of rotatable bonds is 10. The van der Waals surface area contributed by atoms with Crippen LogP contribution in [-0.2, 0) is 16.0 Å². The van der Waals surface area contributed by atoms with Crippen molar-refractivity contribution in [3.05, 3.63) is 126 Å². The zero-order valence-corrected chi connectivity index (χ0v) is 19.8. The Morgan fingerprint density at radius 1 is 0.730 bits per heavy atom. The molecule has 0 radical (unpaired) electrons. The lowest BCUT2D eigenvalue weighted by Gasteiger charge is -2.17. The van der Waals surface area contributed by atoms with E-state index >= 15 is 0 Å². The molecule has 4 aromatic rings. The summed E-state index contributed by atoms with van der Waals surface area (Å²) in [6.07, 6.45) is 1.53. The van der Waals surface area contributed by atoms with Crippen molar-refractivity contribution >= 4 is 29.3 Å². The molecule has 0 fully saturated rings. The van der Waals surface area contributed by atoms with E-state index in [2.05, 4.69) is 10.6 Å². The van der Waals surface area contributed by atoms with E-state index in [0.717, 1.165) is 5.56 Å². The third kappa shape index (κ3) is 7.02. The molecule has 37 heavy (non-hydrogen) atoms. The summed E-state index contributed by atoms with van der Waals surface area (Å²) in [5, 5.41) is 5.37. The van der Waals surface area contributed by atoms with Crippen LogP contribution < -0.4 is 10.6 Å². The molecular formula is C29H24N2O6. The zero-order chi connectivity index (χ0) is 26.0. The van der Waals surface area contributed by atoms with Gasteiger partial charge in [-0.1, -0.05) is 48.5 Å². The van der Waals surface area contributed by atoms with Crippen molar-refractivity contribution in [2.24, 2.45) is 0 Å². The number of carbonyl (C=O) groups is 4. The smallest absolute Gasteiger partial charge is 0.329 e. The Labute approximate surface area is 213 Å². The quantitative estimate of drug-likeness (QED) is 0.250. The summed E-state index contributed by atoms with van der Waals surface area (Å²) in [5.74, 6) is -1.95. The number of furan rings is 1. The number of carbonyl (C=O) groups excluding carboxylic acids is 4. The zero-order valence-electron chi connectivity index (χ0n) is 19.8. The number of esters is 1. The molecule has 1 atom stereocenters. The molecular weight excluding hydrogens is 472 g/mol. The van der Waals surface area contributed by atoms with E-state index in [0.29, 0.717) is 16.8 Å². The van der Waals surface area contributed by atoms with Crippen LogP contribution in [0.3, 0.4) is 0 Å². The first-order chi connectivity index (χ1) is 18.0. The van der Waals surface area contributed by atoms with E-state index < -0.39 is 30.3 Å². The van der Waals surface area contributed by atoms with E-state index in [9.17, 15) is 19.2 Å². The van der Waals surface area contributed by atoms with Gasteiger partial charge in [-0.3, -0.25) is 14.4 Å². The van der Waals surface area contributed by atoms with Crippen molar-refractivity contribution in [3.8, 4) is 0 Å². The van der Waals surface area contributed by atoms with Crippen molar-refractivity contribution in [1.82, 2.24) is 5.32 Å². The fourth-order valence-corrected chi connectivity index (χ4v) is 3.53. The number of ketones is 1. The van der Waals surface area contributed by atoms with Gasteiger partial charge >= 0.3 is 5.97 Å². The van der Waals surface area contributed by atoms with E-state index in [1.807, 2.05) is 36.4 Å². The fraction of sp³-hybridized carbons (Fsp3) is 0.103. The summed E-state index contributed by atoms with van der Waals surface area (Å²) in [6, 6.07) is 26.2. The molecule has 4 rings (SSSR count). The maximum absolute atomic E-state index is 12.8. The number of Topliss-reactive ketones (excluding diaryl/α,β-unsaturated/α-hetero) is 1. The molecule has 0 spiro atoms. The molecule has 186 valence electrons. The van der Waals surface area contributed by atoms with Gasteiger partial charge < -0.3 is 19.8 Å². The summed E-state index contributed by atoms with van der Waals surface area (Å²) in [7, 11) is 0. The fourth-order valence-electron chi connectivity index (χ4n) is 3.53. The highest BCUT2D eigenvalue weighted by atomic mass is 16.5. The van der Waals surface area contributed by atoms with Crippen LogP contribution in [0.2, 0.25) is 0 Å². The van der Waals surface area contributed by atoms with E-state index in [1.54, 1.807) is 42.5 Å². The summed E-state index contributed by atoms with van der Waals surface area (Å²) < 4.78 is 10.4. The number of anilines is 1. The Bertz CT molecular complexity index is 1350. The van der Waals surface area contributed by atoms with Gasteiger partial charge in [0.05, 0.1) is 6.26 Å². The third-order valence-electron chi connectivity index (χ3n) is 5.46. The normalized spacial score (nSPS) is 11.2. The molecule has 0 aliphatic heterocycles. The predicted octanol–water partition coefficient (Wildman–Crippen LogP) is 4.30. The maximum atomic E-state index is 12.8. The predicted molar refractivity (Wildman–Crippen MR) is 136 cm³/mol. The van der Waals surface area contributed by atoms with Gasteiger partial charge in [0.25, 0.3) is 11.8 Å². The molecule has 8 nitrogen and oxygen atoms in total. The molecule has 0 saturated carbocycles. The van der Waals surface area contributed by atoms with Gasteiger partial charge in [-0.05, 0) is 54.1 Å². The average molecular weight is 497 g/mol. The Hall–Kier alpha value is -4.98. The van der Waals surface area contributed by atoms with Crippen molar-refractivity contribution in [1.29, 1.82) is 0 Å². The first-order valence-corrected chi connectivity index (χ1v) is 11.5. The summed E-state index contributed by atoms with van der Waals surface area (Å²) in [5.41, 5.74) is 2.15. The number of hydrogen-bond acceptors (Lipinski definition) is 6. The van der Waals surface area contributed by atoms with Gasteiger partial charge in [-0.25, -0.2) is 4.79 Å². The van der Waals surface area contributed by atoms with Gasteiger partial charge in [-0.15, -0.1) is 0 Å². The number of hydrogen-bond donors (Lipinski definition) is 2. The second-order valence-corrected chi connectivity index (χ2v) is 8.12. The largest absolute Gasteiger partial charge is 0.459 e. The van der Waals surface area contributed by atoms with Crippen molar-refractivity contribution in [2.45, 2.75) is 12.5 Å². The van der Waals surface area contributed by atoms with Crippen LogP contribution in [0.5, 0.6) is 0 Å². The number of nitrogens with one attached hydrogen (secondary N) is 2. The van der Waals surface area contributed by atoms with Gasteiger partial charge in [-0.2, -0.15) is 0 Å². The third-order valence-corrected chi connectivity index (χ3v) is 5.46. The van der Waals surface area contributed by atoms with E-state index in [1.165, 1.54) is 24.5 Å². The Morgan fingerprint density at radius 3 is 2.05 bits per heavy atom. The van der Waals surface area contributed by atoms with Crippen LogP contribution in [0.15, 0.2) is 108 Å². The second-order valence-electron chi connectivity index (χ2n) is 8.12. The molecule has 0 saturated heterocycles. The minimum Gasteiger partial charge on any atom is -0.459 e. The van der Waals surface area contributed by atoms with Crippen LogP contribution in [0, 0.1) is 0 Å². The number of ether oxygens (including phenoxy) is 1. The molecule has 2 N–H and O–H groups in total. The van der Waals surface area contributed by atoms with Gasteiger partial charge in [0, 0.05) is 23.2 Å². The molecule has 1 heterocycles. The Kier molecular flexibility index (Phi) is 8.23. The summed E-state index contributed by atoms with van der Waals surface area (Å²) in [6.45, 7) is -0.504. The molecule has 8 heteroatoms. The Morgan fingerprint density at radius 2 is 1.41 bits per heavy atom. The first kappa shape index (κ1) is 25.1. The van der Waals surface area contributed by atoms with Crippen molar-refractivity contribution in [2.75, 3.05) is 11.9 Å². The Balaban J connectivity index is 1.35. The SMILES string of the molecule is O=C(COC(=O)[C@H](Cc1ccccc1)NC(=O)c1ccco1)c1ccc(NC(=O)c2ccccc2)cc1. The first-order valence-electron chi connectivity index (χ1n) is 11.5. The van der Waals surface area contributed by atoms with Gasteiger partial charge in [0.15, 0.2) is 18.2 Å². The molecule has 3 aromatic carbocycles. The minimum atomic E-state index is -1.02. The number of amides is 2. The lowest BCUT2D eigenvalue weighted by molar-refractivity contribution is -0.144. The highest BCUT2D eigenvalue weighted by molar-refractivity contribution is 6.04. The molecule has 0 bridgehead atoms. The van der Waals surface area contributed by atoms with Crippen LogP contribution in [0.25, 0.3) is 0 Å². The highest BCUT2D eigenvalue weighted by Crippen LogP contribution is 2.13. The van der Waals surface area contributed by atoms with Crippen molar-refractivity contribution < 1.29 is 28.3 Å². The van der Waals surface area contributed by atoms with Crippen LogP contribution in [0.1, 0.15) is 36.8 Å². The molecule has 2 amide bonds. The molecule has 1 aromatic heterocycles. The van der Waals surface area contributed by atoms with Crippen LogP contribution >= 0.6 is 0 Å². The standard InChI is InChI=1S/C29H24N2O6/c32-25(21-13-15-23(16-14-21)30-27(33)22-10-5-2-6-11-22)19-37-29(35)24(18-20-8-3-1-4-9-20)31-28(34)26-12-7-17-36-26/h1-17,24H,18-19H2,(H,30,33)(H,31,34)/t24-/m0/s1. The van der Waals surface area contributed by atoms with Gasteiger partial charge in [0.1, 0.15) is 6.04 Å². The maximum Gasteiger partial charge on any atom is 0.329 e. The molecule has 0 unspecified atom stereocenters. The van der Waals surface area contributed by atoms with E-state index in [4.69, 9.17) is 9.15 Å². The average Bonchev–Trinajstić information content (AvgIpc) is 3.48. The monoisotopic (exact) mass is 496 g/mol. The topological polar surface area (TPSA) is 115 Å². The lowest BCUT2D eigenvalue weighted by atomic mass is 10.1. The summed E-state index contributed by atoms with van der Waals surface area (Å²) in [4.78, 5) is 50.2. The van der Waals surface area contributed by atoms with Crippen LogP contribution in [0.4, 0.5) is 5.69 Å². The lowest BCUT2D eigenvalue weighted by Crippen LogP contribution is -2.43. The van der Waals surface area contributed by atoms with Gasteiger partial charge in [0.2, 0.25) is 0 Å².